The molecule has 0 aliphatic rings. The third-order valence-corrected chi connectivity index (χ3v) is 4.98. The van der Waals surface area contributed by atoms with Crippen LogP contribution in [0.25, 0.3) is 0 Å². The van der Waals surface area contributed by atoms with Gasteiger partial charge in [0.2, 0.25) is 0 Å². The van der Waals surface area contributed by atoms with Crippen molar-refractivity contribution in [2.75, 3.05) is 20.0 Å². The van der Waals surface area contributed by atoms with Gasteiger partial charge >= 0.3 is 12.1 Å². The molecule has 0 aliphatic carbocycles. The molecule has 0 bridgehead atoms. The van der Waals surface area contributed by atoms with Gasteiger partial charge < -0.3 is 14.2 Å². The van der Waals surface area contributed by atoms with Gasteiger partial charge in [0, 0.05) is 7.11 Å². The highest BCUT2D eigenvalue weighted by Gasteiger charge is 2.39. The Morgan fingerprint density at radius 1 is 1.11 bits per heavy atom. The zero-order valence-corrected chi connectivity index (χ0v) is 19.0. The zero-order valence-electron chi connectivity index (χ0n) is 18.2. The number of carbonyl (C=O) groups is 2. The van der Waals surface area contributed by atoms with Gasteiger partial charge in [0.25, 0.3) is 0 Å². The van der Waals surface area contributed by atoms with Gasteiger partial charge in [-0.25, -0.2) is 4.79 Å². The molecule has 0 radical (unpaired) electrons. The van der Waals surface area contributed by atoms with Crippen LogP contribution in [0.15, 0.2) is 24.3 Å². The molecule has 0 aliphatic heterocycles. The number of nitrogens with zero attached hydrogens (tertiary/aromatic N) is 1. The van der Waals surface area contributed by atoms with Crippen molar-refractivity contribution in [1.82, 2.24) is 4.90 Å². The maximum Gasteiger partial charge on any atom is 0.413 e. The molecule has 6 nitrogen and oxygen atoms in total. The van der Waals surface area contributed by atoms with Crippen LogP contribution in [-0.4, -0.2) is 48.3 Å². The topological polar surface area (TPSA) is 65.1 Å². The van der Waals surface area contributed by atoms with Crippen molar-refractivity contribution < 1.29 is 23.8 Å². The van der Waals surface area contributed by atoms with Crippen molar-refractivity contribution in [3.63, 3.8) is 0 Å². The van der Waals surface area contributed by atoms with E-state index in [1.54, 1.807) is 18.9 Å². The van der Waals surface area contributed by atoms with E-state index >= 15 is 0 Å². The maximum atomic E-state index is 13.0. The lowest BCUT2D eigenvalue weighted by Crippen LogP contribution is -2.51. The molecule has 1 unspecified atom stereocenters. The molecule has 158 valence electrons. The number of benzene rings is 1. The van der Waals surface area contributed by atoms with Crippen molar-refractivity contribution in [3.8, 4) is 0 Å². The fourth-order valence-corrected chi connectivity index (χ4v) is 3.56. The van der Waals surface area contributed by atoms with Gasteiger partial charge in [-0.05, 0) is 58.9 Å². The molecule has 1 amide bonds. The summed E-state index contributed by atoms with van der Waals surface area (Å²) in [7, 11) is 1.57. The second kappa shape index (κ2) is 10.2. The summed E-state index contributed by atoms with van der Waals surface area (Å²) in [6.07, 6.45) is 1.70. The summed E-state index contributed by atoms with van der Waals surface area (Å²) in [4.78, 5) is 26.2. The van der Waals surface area contributed by atoms with Gasteiger partial charge in [-0.2, -0.15) is 0 Å². The molecule has 1 aromatic rings. The second-order valence-corrected chi connectivity index (χ2v) is 8.73. The van der Waals surface area contributed by atoms with Gasteiger partial charge in [-0.1, -0.05) is 24.3 Å². The van der Waals surface area contributed by atoms with Crippen molar-refractivity contribution in [2.45, 2.75) is 64.7 Å². The highest BCUT2D eigenvalue weighted by Crippen LogP contribution is 2.37. The average Bonchev–Trinajstić information content (AvgIpc) is 2.58. The van der Waals surface area contributed by atoms with E-state index in [4.69, 9.17) is 14.2 Å². The monoisotopic (exact) mass is 411 g/mol. The first-order valence-corrected chi connectivity index (χ1v) is 10.6. The van der Waals surface area contributed by atoms with Crippen LogP contribution in [0.3, 0.4) is 0 Å². The van der Waals surface area contributed by atoms with Crippen LogP contribution in [0, 0.1) is 0 Å². The lowest BCUT2D eigenvalue weighted by Gasteiger charge is -2.42. The summed E-state index contributed by atoms with van der Waals surface area (Å²) >= 11 is 1.51. The Hall–Kier alpha value is -1.73. The molecule has 0 N–H and O–H groups in total. The average molecular weight is 412 g/mol. The normalized spacial score (nSPS) is 13.0. The number of hydrogen-bond acceptors (Lipinski definition) is 6. The number of methoxy groups -OCH3 is 1. The maximum absolute atomic E-state index is 13.0. The zero-order chi connectivity index (χ0) is 21.5. The second-order valence-electron chi connectivity index (χ2n) is 7.81. The van der Waals surface area contributed by atoms with Crippen LogP contribution in [0.1, 0.15) is 58.0 Å². The molecular weight excluding hydrogens is 378 g/mol. The molecule has 1 aromatic carbocycles. The molecule has 0 saturated heterocycles. The van der Waals surface area contributed by atoms with Gasteiger partial charge in [-0.3, -0.25) is 9.69 Å². The Labute approximate surface area is 172 Å². The quantitative estimate of drug-likeness (QED) is 0.453. The highest BCUT2D eigenvalue weighted by molar-refractivity contribution is 7.98. The van der Waals surface area contributed by atoms with E-state index in [0.717, 1.165) is 11.1 Å². The van der Waals surface area contributed by atoms with Gasteiger partial charge in [0.15, 0.2) is 0 Å². The van der Waals surface area contributed by atoms with Gasteiger partial charge in [0.1, 0.15) is 16.7 Å². The molecule has 0 spiro atoms. The first-order chi connectivity index (χ1) is 12.9. The summed E-state index contributed by atoms with van der Waals surface area (Å²) in [5, 5.41) is -0.318. The summed E-state index contributed by atoms with van der Waals surface area (Å²) in [5.74, 6) is -0.257. The first kappa shape index (κ1) is 24.3. The van der Waals surface area contributed by atoms with Crippen molar-refractivity contribution in [3.05, 3.63) is 35.4 Å². The smallest absolute Gasteiger partial charge is 0.413 e. The number of thioether (sulfide) groups is 1. The third kappa shape index (κ3) is 7.02. The van der Waals surface area contributed by atoms with Crippen LogP contribution < -0.4 is 0 Å². The highest BCUT2D eigenvalue weighted by atomic mass is 32.2. The Morgan fingerprint density at radius 2 is 1.68 bits per heavy atom. The molecule has 7 heteroatoms. The van der Waals surface area contributed by atoms with E-state index in [9.17, 15) is 9.59 Å². The van der Waals surface area contributed by atoms with Crippen LogP contribution in [0.2, 0.25) is 0 Å². The number of rotatable bonds is 8. The van der Waals surface area contributed by atoms with Crippen molar-refractivity contribution in [1.29, 1.82) is 0 Å². The lowest BCUT2D eigenvalue weighted by atomic mass is 10.1. The van der Waals surface area contributed by atoms with Crippen LogP contribution in [0.4, 0.5) is 4.79 Å². The fraction of sp³-hybridized carbons (Fsp3) is 0.619. The summed E-state index contributed by atoms with van der Waals surface area (Å²) < 4.78 is 16.2. The van der Waals surface area contributed by atoms with E-state index < -0.39 is 17.4 Å². The molecular formula is C21H33NO5S. The number of ether oxygens (including phenoxy) is 3. The van der Waals surface area contributed by atoms with Crippen LogP contribution in [-0.2, 0) is 25.4 Å². The van der Waals surface area contributed by atoms with E-state index in [0.29, 0.717) is 6.61 Å². The predicted molar refractivity (Wildman–Crippen MR) is 112 cm³/mol. The molecule has 1 rings (SSSR count). The number of amides is 1. The number of hydrogen-bond donors (Lipinski definition) is 0. The van der Waals surface area contributed by atoms with E-state index in [-0.39, 0.29) is 17.8 Å². The van der Waals surface area contributed by atoms with Gasteiger partial charge in [-0.15, -0.1) is 11.8 Å². The SMILES string of the molecule is CCOC(=O)Cc1ccc(C(SC)N(C(=O)OC(C)(C)C)C(C)(C)OC)cc1. The molecule has 0 fully saturated rings. The minimum absolute atomic E-state index is 0.220. The van der Waals surface area contributed by atoms with Crippen molar-refractivity contribution >= 4 is 23.8 Å². The largest absolute Gasteiger partial charge is 0.466 e. The molecule has 0 saturated carbocycles. The Bertz CT molecular complexity index is 652. The summed E-state index contributed by atoms with van der Waals surface area (Å²) in [6.45, 7) is 11.3. The Morgan fingerprint density at radius 3 is 2.11 bits per heavy atom. The fourth-order valence-electron chi connectivity index (χ4n) is 2.58. The lowest BCUT2D eigenvalue weighted by molar-refractivity contribution is -0.142. The Kier molecular flexibility index (Phi) is 8.82. The summed E-state index contributed by atoms with van der Waals surface area (Å²) in [6, 6.07) is 7.59. The van der Waals surface area contributed by atoms with E-state index in [2.05, 4.69) is 0 Å². The van der Waals surface area contributed by atoms with Crippen LogP contribution in [0.5, 0.6) is 0 Å². The van der Waals surface area contributed by atoms with E-state index in [1.807, 2.05) is 65.1 Å². The minimum Gasteiger partial charge on any atom is -0.466 e. The summed E-state index contributed by atoms with van der Waals surface area (Å²) in [5.41, 5.74) is 0.276. The molecule has 0 heterocycles. The van der Waals surface area contributed by atoms with Gasteiger partial charge in [0.05, 0.1) is 13.0 Å². The predicted octanol–water partition coefficient (Wildman–Crippen LogP) is 4.77. The number of esters is 1. The molecule has 0 aromatic heterocycles. The third-order valence-electron chi connectivity index (χ3n) is 4.05. The van der Waals surface area contributed by atoms with Crippen LogP contribution >= 0.6 is 11.8 Å². The standard InChI is InChI=1S/C21H33NO5S/c1-9-26-17(23)14-15-10-12-16(13-11-15)18(28-8)22(21(5,6)25-7)19(24)27-20(2,3)4/h10-13,18H,9,14H2,1-8H3. The number of carbonyl (C=O) groups excluding carboxylic acids is 2. The molecule has 28 heavy (non-hydrogen) atoms. The van der Waals surface area contributed by atoms with Crippen molar-refractivity contribution in [2.24, 2.45) is 0 Å². The first-order valence-electron chi connectivity index (χ1n) is 9.30. The Balaban J connectivity index is 3.16. The minimum atomic E-state index is -0.875. The molecule has 1 atom stereocenters. The van der Waals surface area contributed by atoms with E-state index in [1.165, 1.54) is 11.8 Å².